The first-order valence-corrected chi connectivity index (χ1v) is 3.46. The Balaban J connectivity index is 2.51. The molecule has 0 bridgehead atoms. The first kappa shape index (κ1) is 7.29. The summed E-state index contributed by atoms with van der Waals surface area (Å²) in [4.78, 5) is 0. The number of aliphatic hydroxyl groups is 1. The molecule has 1 nitrogen and oxygen atoms in total. The summed E-state index contributed by atoms with van der Waals surface area (Å²) < 4.78 is 0. The van der Waals surface area contributed by atoms with Gasteiger partial charge < -0.3 is 5.11 Å². The van der Waals surface area contributed by atoms with Crippen LogP contribution >= 0.6 is 0 Å². The van der Waals surface area contributed by atoms with Crippen LogP contribution in [-0.4, -0.2) is 11.7 Å². The quantitative estimate of drug-likeness (QED) is 0.572. The summed E-state index contributed by atoms with van der Waals surface area (Å²) in [6, 6.07) is 0. The van der Waals surface area contributed by atoms with Crippen molar-refractivity contribution in [3.63, 3.8) is 0 Å². The van der Waals surface area contributed by atoms with Gasteiger partial charge in [-0.3, -0.25) is 0 Å². The summed E-state index contributed by atoms with van der Waals surface area (Å²) >= 11 is 0. The van der Waals surface area contributed by atoms with Crippen molar-refractivity contribution in [2.45, 2.75) is 6.42 Å². The molecule has 0 saturated carbocycles. The van der Waals surface area contributed by atoms with Crippen LogP contribution < -0.4 is 0 Å². The van der Waals surface area contributed by atoms with Crippen LogP contribution in [0, 0.1) is 5.92 Å². The molecule has 1 unspecified atom stereocenters. The van der Waals surface area contributed by atoms with Crippen LogP contribution in [0.2, 0.25) is 0 Å². The van der Waals surface area contributed by atoms with E-state index in [0.29, 0.717) is 5.92 Å². The van der Waals surface area contributed by atoms with E-state index in [1.165, 1.54) is 0 Å². The first-order chi connectivity index (χ1) is 4.84. The second-order valence-corrected chi connectivity index (χ2v) is 2.47. The molecule has 10 heavy (non-hydrogen) atoms. The zero-order chi connectivity index (χ0) is 7.40. The Morgan fingerprint density at radius 2 is 2.40 bits per heavy atom. The van der Waals surface area contributed by atoms with Crippen molar-refractivity contribution in [3.8, 4) is 0 Å². The van der Waals surface area contributed by atoms with Crippen molar-refractivity contribution in [2.75, 3.05) is 6.61 Å². The number of rotatable bonds is 2. The Morgan fingerprint density at radius 1 is 1.60 bits per heavy atom. The molecule has 1 rings (SSSR count). The van der Waals surface area contributed by atoms with Gasteiger partial charge in [-0.15, -0.1) is 0 Å². The van der Waals surface area contributed by atoms with Gasteiger partial charge in [-0.1, -0.05) is 30.9 Å². The second-order valence-electron chi connectivity index (χ2n) is 2.47. The topological polar surface area (TPSA) is 20.2 Å². The molecule has 0 aromatic rings. The molecule has 54 valence electrons. The number of aliphatic hydroxyl groups excluding tert-OH is 1. The maximum absolute atomic E-state index is 8.73. The highest BCUT2D eigenvalue weighted by Gasteiger charge is 2.07. The van der Waals surface area contributed by atoms with Gasteiger partial charge in [0.05, 0.1) is 6.61 Å². The van der Waals surface area contributed by atoms with Crippen molar-refractivity contribution in [1.29, 1.82) is 0 Å². The predicted octanol–water partition coefficient (Wildman–Crippen LogP) is 1.67. The Hall–Kier alpha value is -0.820. The lowest BCUT2D eigenvalue weighted by Crippen LogP contribution is -2.03. The van der Waals surface area contributed by atoms with Gasteiger partial charge in [-0.25, -0.2) is 0 Å². The van der Waals surface area contributed by atoms with Crippen molar-refractivity contribution in [3.05, 3.63) is 36.5 Å². The lowest BCUT2D eigenvalue weighted by Gasteiger charge is -2.13. The molecule has 0 radical (unpaired) electrons. The Kier molecular flexibility index (Phi) is 2.46. The monoisotopic (exact) mass is 136 g/mol. The molecule has 1 heteroatoms. The van der Waals surface area contributed by atoms with Gasteiger partial charge in [-0.05, 0) is 12.0 Å². The highest BCUT2D eigenvalue weighted by Crippen LogP contribution is 2.18. The third-order valence-electron chi connectivity index (χ3n) is 1.71. The normalized spacial score (nSPS) is 23.1. The molecular formula is C9H12O. The molecule has 0 aromatic heterocycles. The Morgan fingerprint density at radius 3 is 2.90 bits per heavy atom. The fraction of sp³-hybridized carbons (Fsp3) is 0.333. The van der Waals surface area contributed by atoms with Crippen LogP contribution in [0.4, 0.5) is 0 Å². The molecule has 0 aromatic carbocycles. The van der Waals surface area contributed by atoms with Crippen LogP contribution in [0.1, 0.15) is 6.42 Å². The zero-order valence-corrected chi connectivity index (χ0v) is 5.96. The van der Waals surface area contributed by atoms with E-state index >= 15 is 0 Å². The maximum atomic E-state index is 8.73. The van der Waals surface area contributed by atoms with Crippen LogP contribution in [0.5, 0.6) is 0 Å². The molecule has 1 atom stereocenters. The van der Waals surface area contributed by atoms with Crippen molar-refractivity contribution < 1.29 is 5.11 Å². The molecule has 1 aliphatic carbocycles. The molecule has 0 aliphatic heterocycles. The fourth-order valence-corrected chi connectivity index (χ4v) is 1.00. The van der Waals surface area contributed by atoms with Crippen molar-refractivity contribution in [1.82, 2.24) is 0 Å². The molecule has 0 fully saturated rings. The van der Waals surface area contributed by atoms with Crippen LogP contribution in [0.25, 0.3) is 0 Å². The summed E-state index contributed by atoms with van der Waals surface area (Å²) in [5.74, 6) is 0.356. The van der Waals surface area contributed by atoms with E-state index in [0.717, 1.165) is 12.0 Å². The SMILES string of the molecule is C=C(CO)C1C=CC=CC1. The predicted molar refractivity (Wildman–Crippen MR) is 42.6 cm³/mol. The van der Waals surface area contributed by atoms with Gasteiger partial charge in [0.1, 0.15) is 0 Å². The fourth-order valence-electron chi connectivity index (χ4n) is 1.00. The van der Waals surface area contributed by atoms with Crippen LogP contribution in [0.15, 0.2) is 36.5 Å². The van der Waals surface area contributed by atoms with E-state index in [1.54, 1.807) is 0 Å². The standard InChI is InChI=1S/C9H12O/c1-8(7-10)9-5-3-2-4-6-9/h2-5,9-10H,1,6-7H2. The largest absolute Gasteiger partial charge is 0.392 e. The summed E-state index contributed by atoms with van der Waals surface area (Å²) in [5, 5.41) is 8.73. The maximum Gasteiger partial charge on any atom is 0.0645 e. The summed E-state index contributed by atoms with van der Waals surface area (Å²) in [6.45, 7) is 3.86. The van der Waals surface area contributed by atoms with Crippen LogP contribution in [-0.2, 0) is 0 Å². The third-order valence-corrected chi connectivity index (χ3v) is 1.71. The van der Waals surface area contributed by atoms with E-state index < -0.39 is 0 Å². The van der Waals surface area contributed by atoms with Crippen molar-refractivity contribution in [2.24, 2.45) is 5.92 Å². The van der Waals surface area contributed by atoms with E-state index in [1.807, 2.05) is 12.2 Å². The summed E-state index contributed by atoms with van der Waals surface area (Å²) in [7, 11) is 0. The minimum absolute atomic E-state index is 0.100. The molecular weight excluding hydrogens is 124 g/mol. The molecule has 0 spiro atoms. The molecule has 0 heterocycles. The summed E-state index contributed by atoms with van der Waals surface area (Å²) in [5.41, 5.74) is 0.903. The van der Waals surface area contributed by atoms with Gasteiger partial charge in [0, 0.05) is 5.92 Å². The molecule has 0 saturated heterocycles. The minimum Gasteiger partial charge on any atom is -0.392 e. The lowest BCUT2D eigenvalue weighted by atomic mass is 9.94. The molecule has 1 aliphatic rings. The lowest BCUT2D eigenvalue weighted by molar-refractivity contribution is 0.320. The van der Waals surface area contributed by atoms with Crippen molar-refractivity contribution >= 4 is 0 Å². The minimum atomic E-state index is 0.100. The molecule has 1 N–H and O–H groups in total. The Bertz CT molecular complexity index is 177. The van der Waals surface area contributed by atoms with E-state index in [9.17, 15) is 0 Å². The third kappa shape index (κ3) is 1.58. The molecule has 0 amide bonds. The summed E-state index contributed by atoms with van der Waals surface area (Å²) in [6.07, 6.45) is 9.15. The number of hydrogen-bond acceptors (Lipinski definition) is 1. The van der Waals surface area contributed by atoms with Gasteiger partial charge in [0.25, 0.3) is 0 Å². The van der Waals surface area contributed by atoms with Gasteiger partial charge in [0.15, 0.2) is 0 Å². The van der Waals surface area contributed by atoms with E-state index in [4.69, 9.17) is 5.11 Å². The first-order valence-electron chi connectivity index (χ1n) is 3.46. The van der Waals surface area contributed by atoms with E-state index in [-0.39, 0.29) is 6.61 Å². The Labute approximate surface area is 61.4 Å². The number of hydrogen-bond donors (Lipinski definition) is 1. The zero-order valence-electron chi connectivity index (χ0n) is 5.96. The highest BCUT2D eigenvalue weighted by atomic mass is 16.3. The average Bonchev–Trinajstić information content (AvgIpc) is 2.05. The van der Waals surface area contributed by atoms with Gasteiger partial charge >= 0.3 is 0 Å². The van der Waals surface area contributed by atoms with Crippen LogP contribution in [0.3, 0.4) is 0 Å². The highest BCUT2D eigenvalue weighted by molar-refractivity contribution is 5.19. The second kappa shape index (κ2) is 3.37. The number of allylic oxidation sites excluding steroid dienone is 4. The average molecular weight is 136 g/mol. The smallest absolute Gasteiger partial charge is 0.0645 e. The van der Waals surface area contributed by atoms with E-state index in [2.05, 4.69) is 18.7 Å². The van der Waals surface area contributed by atoms with Gasteiger partial charge in [-0.2, -0.15) is 0 Å². The van der Waals surface area contributed by atoms with Gasteiger partial charge in [0.2, 0.25) is 0 Å².